The SMILES string of the molecule is N#Cc1cc([N+](=O)[O-])ccc1Sc1ccc2c(c1)CCC2. The first kappa shape index (κ1) is 13.7. The van der Waals surface area contributed by atoms with Gasteiger partial charge in [-0.05, 0) is 48.6 Å². The van der Waals surface area contributed by atoms with Crippen LogP contribution in [0, 0.1) is 21.4 Å². The van der Waals surface area contributed by atoms with E-state index in [2.05, 4.69) is 18.2 Å². The van der Waals surface area contributed by atoms with Crippen molar-refractivity contribution in [3.63, 3.8) is 0 Å². The second-order valence-corrected chi connectivity index (χ2v) is 6.05. The van der Waals surface area contributed by atoms with Crippen molar-refractivity contribution in [2.45, 2.75) is 29.1 Å². The van der Waals surface area contributed by atoms with Crippen molar-refractivity contribution < 1.29 is 4.92 Å². The molecule has 104 valence electrons. The average molecular weight is 296 g/mol. The van der Waals surface area contributed by atoms with Gasteiger partial charge in [0.2, 0.25) is 0 Å². The van der Waals surface area contributed by atoms with Crippen molar-refractivity contribution in [2.24, 2.45) is 0 Å². The maximum atomic E-state index is 10.8. The molecule has 0 bridgehead atoms. The first-order chi connectivity index (χ1) is 10.2. The summed E-state index contributed by atoms with van der Waals surface area (Å²) in [5, 5.41) is 19.9. The number of nitro benzene ring substituents is 1. The van der Waals surface area contributed by atoms with Gasteiger partial charge < -0.3 is 0 Å². The number of hydrogen-bond donors (Lipinski definition) is 0. The minimum atomic E-state index is -0.481. The molecule has 0 heterocycles. The zero-order chi connectivity index (χ0) is 14.8. The van der Waals surface area contributed by atoms with E-state index in [1.165, 1.54) is 41.4 Å². The summed E-state index contributed by atoms with van der Waals surface area (Å²) < 4.78 is 0. The predicted octanol–water partition coefficient (Wildman–Crippen LogP) is 4.11. The number of rotatable bonds is 3. The molecule has 21 heavy (non-hydrogen) atoms. The Morgan fingerprint density at radius 2 is 1.95 bits per heavy atom. The number of fused-ring (bicyclic) bond motifs is 1. The second-order valence-electron chi connectivity index (χ2n) is 4.94. The van der Waals surface area contributed by atoms with Crippen LogP contribution < -0.4 is 0 Å². The monoisotopic (exact) mass is 296 g/mol. The quantitative estimate of drug-likeness (QED) is 0.631. The van der Waals surface area contributed by atoms with Crippen LogP contribution in [0.2, 0.25) is 0 Å². The highest BCUT2D eigenvalue weighted by molar-refractivity contribution is 7.99. The van der Waals surface area contributed by atoms with Gasteiger partial charge in [-0.1, -0.05) is 17.8 Å². The summed E-state index contributed by atoms with van der Waals surface area (Å²) in [6, 6.07) is 12.8. The number of nitro groups is 1. The van der Waals surface area contributed by atoms with E-state index in [1.807, 2.05) is 6.07 Å². The lowest BCUT2D eigenvalue weighted by Gasteiger charge is -2.06. The maximum absolute atomic E-state index is 10.8. The Morgan fingerprint density at radius 1 is 1.14 bits per heavy atom. The zero-order valence-electron chi connectivity index (χ0n) is 11.2. The summed E-state index contributed by atoms with van der Waals surface area (Å²) in [5.74, 6) is 0. The van der Waals surface area contributed by atoms with E-state index < -0.39 is 4.92 Å². The van der Waals surface area contributed by atoms with E-state index >= 15 is 0 Å². The molecule has 0 unspecified atom stereocenters. The summed E-state index contributed by atoms with van der Waals surface area (Å²) in [7, 11) is 0. The van der Waals surface area contributed by atoms with Gasteiger partial charge in [0.1, 0.15) is 6.07 Å². The lowest BCUT2D eigenvalue weighted by atomic mass is 10.1. The van der Waals surface area contributed by atoms with E-state index in [0.29, 0.717) is 5.56 Å². The Balaban J connectivity index is 1.91. The van der Waals surface area contributed by atoms with Crippen LogP contribution >= 0.6 is 11.8 Å². The van der Waals surface area contributed by atoms with Gasteiger partial charge in [-0.3, -0.25) is 10.1 Å². The number of hydrogen-bond acceptors (Lipinski definition) is 4. The van der Waals surface area contributed by atoms with Crippen LogP contribution in [-0.2, 0) is 12.8 Å². The number of nitrogens with zero attached hydrogens (tertiary/aromatic N) is 2. The standard InChI is InChI=1S/C16H12N2O2S/c17-10-13-8-14(18(19)20)5-7-16(13)21-15-6-4-11-2-1-3-12(11)9-15/h4-9H,1-3H2. The molecule has 1 aliphatic rings. The third-order valence-corrected chi connectivity index (χ3v) is 4.66. The molecule has 1 aliphatic carbocycles. The summed E-state index contributed by atoms with van der Waals surface area (Å²) in [6.45, 7) is 0. The molecule has 5 heteroatoms. The van der Waals surface area contributed by atoms with E-state index in [4.69, 9.17) is 0 Å². The Hall–Kier alpha value is -2.32. The van der Waals surface area contributed by atoms with Crippen LogP contribution in [0.1, 0.15) is 23.1 Å². The fraction of sp³-hybridized carbons (Fsp3) is 0.188. The molecular formula is C16H12N2O2S. The lowest BCUT2D eigenvalue weighted by molar-refractivity contribution is -0.384. The molecule has 4 nitrogen and oxygen atoms in total. The van der Waals surface area contributed by atoms with E-state index in [9.17, 15) is 15.4 Å². The Bertz CT molecular complexity index is 765. The number of aryl methyl sites for hydroxylation is 2. The van der Waals surface area contributed by atoms with Gasteiger partial charge in [-0.15, -0.1) is 0 Å². The van der Waals surface area contributed by atoms with Gasteiger partial charge in [0.05, 0.1) is 10.5 Å². The van der Waals surface area contributed by atoms with Crippen molar-refractivity contribution in [3.8, 4) is 6.07 Å². The highest BCUT2D eigenvalue weighted by Gasteiger charge is 2.14. The molecular weight excluding hydrogens is 284 g/mol. The molecule has 0 saturated carbocycles. The molecule has 0 aliphatic heterocycles. The van der Waals surface area contributed by atoms with Crippen molar-refractivity contribution in [3.05, 3.63) is 63.2 Å². The molecule has 0 N–H and O–H groups in total. The van der Waals surface area contributed by atoms with Gasteiger partial charge in [0.25, 0.3) is 5.69 Å². The minimum Gasteiger partial charge on any atom is -0.258 e. The Labute approximate surface area is 126 Å². The van der Waals surface area contributed by atoms with Crippen molar-refractivity contribution >= 4 is 17.4 Å². The smallest absolute Gasteiger partial charge is 0.258 e. The lowest BCUT2D eigenvalue weighted by Crippen LogP contribution is -1.90. The third-order valence-electron chi connectivity index (χ3n) is 3.59. The predicted molar refractivity (Wildman–Crippen MR) is 80.4 cm³/mol. The van der Waals surface area contributed by atoms with Crippen LogP contribution in [0.4, 0.5) is 5.69 Å². The highest BCUT2D eigenvalue weighted by atomic mass is 32.2. The zero-order valence-corrected chi connectivity index (χ0v) is 12.0. The molecule has 0 radical (unpaired) electrons. The van der Waals surface area contributed by atoms with Gasteiger partial charge in [0, 0.05) is 21.9 Å². The maximum Gasteiger partial charge on any atom is 0.270 e. The second kappa shape index (κ2) is 5.58. The highest BCUT2D eigenvalue weighted by Crippen LogP contribution is 2.34. The van der Waals surface area contributed by atoms with Crippen LogP contribution in [-0.4, -0.2) is 4.92 Å². The summed E-state index contributed by atoms with van der Waals surface area (Å²) in [5.41, 5.74) is 3.07. The largest absolute Gasteiger partial charge is 0.270 e. The molecule has 2 aromatic carbocycles. The first-order valence-electron chi connectivity index (χ1n) is 6.65. The number of benzene rings is 2. The van der Waals surface area contributed by atoms with Crippen LogP contribution in [0.15, 0.2) is 46.2 Å². The Morgan fingerprint density at radius 3 is 2.71 bits per heavy atom. The molecule has 0 fully saturated rings. The van der Waals surface area contributed by atoms with Crippen molar-refractivity contribution in [1.82, 2.24) is 0 Å². The summed E-state index contributed by atoms with van der Waals surface area (Å²) >= 11 is 1.48. The number of non-ortho nitro benzene ring substituents is 1. The fourth-order valence-corrected chi connectivity index (χ4v) is 3.49. The Kier molecular flexibility index (Phi) is 3.63. The van der Waals surface area contributed by atoms with Crippen LogP contribution in [0.5, 0.6) is 0 Å². The van der Waals surface area contributed by atoms with Crippen molar-refractivity contribution in [2.75, 3.05) is 0 Å². The molecule has 3 rings (SSSR count). The molecule has 0 atom stereocenters. The van der Waals surface area contributed by atoms with Gasteiger partial charge in [-0.25, -0.2) is 0 Å². The van der Waals surface area contributed by atoms with E-state index in [1.54, 1.807) is 6.07 Å². The number of nitriles is 1. The van der Waals surface area contributed by atoms with E-state index in [0.717, 1.165) is 22.6 Å². The fourth-order valence-electron chi connectivity index (χ4n) is 2.55. The van der Waals surface area contributed by atoms with E-state index in [-0.39, 0.29) is 5.69 Å². The van der Waals surface area contributed by atoms with Gasteiger partial charge in [-0.2, -0.15) is 5.26 Å². The van der Waals surface area contributed by atoms with Crippen molar-refractivity contribution in [1.29, 1.82) is 5.26 Å². The molecule has 0 aromatic heterocycles. The normalized spacial score (nSPS) is 12.7. The third kappa shape index (κ3) is 2.76. The van der Waals surface area contributed by atoms with Gasteiger partial charge >= 0.3 is 0 Å². The molecule has 0 saturated heterocycles. The molecule has 2 aromatic rings. The summed E-state index contributed by atoms with van der Waals surface area (Å²) in [4.78, 5) is 12.1. The average Bonchev–Trinajstić information content (AvgIpc) is 2.95. The first-order valence-corrected chi connectivity index (χ1v) is 7.47. The molecule has 0 amide bonds. The molecule has 0 spiro atoms. The topological polar surface area (TPSA) is 66.9 Å². The minimum absolute atomic E-state index is 0.0511. The summed E-state index contributed by atoms with van der Waals surface area (Å²) in [6.07, 6.45) is 3.45. The van der Waals surface area contributed by atoms with Gasteiger partial charge in [0.15, 0.2) is 0 Å². The van der Waals surface area contributed by atoms with Crippen LogP contribution in [0.25, 0.3) is 0 Å². The van der Waals surface area contributed by atoms with Crippen LogP contribution in [0.3, 0.4) is 0 Å².